The highest BCUT2D eigenvalue weighted by Gasteiger charge is 2.38. The lowest BCUT2D eigenvalue weighted by Crippen LogP contribution is -2.39. The van der Waals surface area contributed by atoms with Crippen molar-refractivity contribution in [2.75, 3.05) is 5.32 Å². The topological polar surface area (TPSA) is 65.8 Å². The summed E-state index contributed by atoms with van der Waals surface area (Å²) in [7, 11) is 0. The molecule has 0 radical (unpaired) electrons. The number of aromatic nitrogens is 1. The summed E-state index contributed by atoms with van der Waals surface area (Å²) in [5.74, 6) is 6.92. The molecule has 1 atom stereocenters. The Morgan fingerprint density at radius 2 is 1.74 bits per heavy atom. The number of pyridine rings is 1. The Morgan fingerprint density at radius 1 is 0.971 bits per heavy atom. The molecule has 0 saturated carbocycles. The molecule has 4 heteroatoms. The smallest absolute Gasteiger partial charge is 0.248 e. The van der Waals surface area contributed by atoms with Crippen LogP contribution in [-0.2, 0) is 16.6 Å². The molecule has 172 valence electrons. The molecule has 0 aliphatic carbocycles. The van der Waals surface area contributed by atoms with Crippen LogP contribution in [0.25, 0.3) is 0 Å². The number of hydrogen-bond acceptors (Lipinski definition) is 3. The van der Waals surface area contributed by atoms with Gasteiger partial charge in [0.1, 0.15) is 11.2 Å². The van der Waals surface area contributed by atoms with Gasteiger partial charge < -0.3 is 5.32 Å². The van der Waals surface area contributed by atoms with Crippen LogP contribution in [0.2, 0.25) is 0 Å². The van der Waals surface area contributed by atoms with Gasteiger partial charge in [-0.15, -0.1) is 0 Å². The number of rotatable bonds is 10. The van der Waals surface area contributed by atoms with Crippen LogP contribution in [0.3, 0.4) is 0 Å². The zero-order valence-corrected chi connectivity index (χ0v) is 19.8. The molecular weight excluding hydrogens is 418 g/mol. The van der Waals surface area contributed by atoms with Crippen molar-refractivity contribution >= 4 is 11.7 Å². The SMILES string of the molecule is CCCCc1ccc(C#CC(CCCCC#N)(C(=O)Nc2ccccn2)c2ccccc2)cc1. The molecular formula is C30H31N3O. The van der Waals surface area contributed by atoms with Gasteiger partial charge in [0.25, 0.3) is 0 Å². The van der Waals surface area contributed by atoms with Crippen LogP contribution in [-0.4, -0.2) is 10.9 Å². The van der Waals surface area contributed by atoms with Crippen molar-refractivity contribution in [1.82, 2.24) is 4.98 Å². The summed E-state index contributed by atoms with van der Waals surface area (Å²) >= 11 is 0. The molecule has 1 heterocycles. The van der Waals surface area contributed by atoms with E-state index in [0.717, 1.165) is 24.0 Å². The molecule has 3 aromatic rings. The number of carbonyl (C=O) groups excluding carboxylic acids is 1. The van der Waals surface area contributed by atoms with Gasteiger partial charge in [-0.3, -0.25) is 4.79 Å². The third-order valence-electron chi connectivity index (χ3n) is 5.84. The number of anilines is 1. The van der Waals surface area contributed by atoms with Crippen molar-refractivity contribution in [3.05, 3.63) is 95.7 Å². The van der Waals surface area contributed by atoms with Crippen LogP contribution >= 0.6 is 0 Å². The molecule has 0 aliphatic heterocycles. The predicted octanol–water partition coefficient (Wildman–Crippen LogP) is 6.44. The minimum absolute atomic E-state index is 0.207. The minimum Gasteiger partial charge on any atom is -0.309 e. The Bertz CT molecular complexity index is 1140. The van der Waals surface area contributed by atoms with Crippen LogP contribution in [0, 0.1) is 23.2 Å². The van der Waals surface area contributed by atoms with Crippen molar-refractivity contribution in [2.45, 2.75) is 57.3 Å². The molecule has 1 unspecified atom stereocenters. The number of nitrogens with one attached hydrogen (secondary N) is 1. The second-order valence-corrected chi connectivity index (χ2v) is 8.36. The highest BCUT2D eigenvalue weighted by Crippen LogP contribution is 2.32. The monoisotopic (exact) mass is 449 g/mol. The van der Waals surface area contributed by atoms with Crippen LogP contribution in [0.15, 0.2) is 79.0 Å². The number of amides is 1. The van der Waals surface area contributed by atoms with E-state index in [4.69, 9.17) is 5.26 Å². The molecule has 1 amide bonds. The zero-order chi connectivity index (χ0) is 24.1. The second-order valence-electron chi connectivity index (χ2n) is 8.36. The van der Waals surface area contributed by atoms with Crippen molar-refractivity contribution in [3.8, 4) is 17.9 Å². The number of benzene rings is 2. The Kier molecular flexibility index (Phi) is 9.44. The fourth-order valence-electron chi connectivity index (χ4n) is 3.87. The quantitative estimate of drug-likeness (QED) is 0.286. The standard InChI is InChI=1S/C30H31N3O/c1-2-3-12-25-16-18-26(19-17-25)20-22-30(21-9-5-10-23-31,27-13-6-4-7-14-27)29(34)33-28-15-8-11-24-32-28/h4,6-8,11,13-19,24H,2-3,5,9-10,12,21H2,1H3,(H,32,33,34). The van der Waals surface area contributed by atoms with Gasteiger partial charge in [0.05, 0.1) is 6.07 Å². The summed E-state index contributed by atoms with van der Waals surface area (Å²) in [5.41, 5.74) is 1.96. The van der Waals surface area contributed by atoms with E-state index in [1.807, 2.05) is 54.6 Å². The summed E-state index contributed by atoms with van der Waals surface area (Å²) in [6, 6.07) is 25.6. The minimum atomic E-state index is -1.06. The molecule has 2 aromatic carbocycles. The van der Waals surface area contributed by atoms with Gasteiger partial charge in [-0.2, -0.15) is 5.26 Å². The van der Waals surface area contributed by atoms with E-state index in [9.17, 15) is 4.79 Å². The average Bonchev–Trinajstić information content (AvgIpc) is 2.89. The molecule has 0 bridgehead atoms. The average molecular weight is 450 g/mol. The highest BCUT2D eigenvalue weighted by atomic mass is 16.2. The van der Waals surface area contributed by atoms with Crippen LogP contribution in [0.1, 0.15) is 62.1 Å². The number of hydrogen-bond donors (Lipinski definition) is 1. The maximum Gasteiger partial charge on any atom is 0.248 e. The first kappa shape index (κ1) is 24.7. The Hall–Kier alpha value is -3.89. The van der Waals surface area contributed by atoms with Gasteiger partial charge >= 0.3 is 0 Å². The van der Waals surface area contributed by atoms with Gasteiger partial charge in [-0.25, -0.2) is 4.98 Å². The molecule has 0 spiro atoms. The van der Waals surface area contributed by atoms with Crippen molar-refractivity contribution in [2.24, 2.45) is 0 Å². The molecule has 0 fully saturated rings. The maximum absolute atomic E-state index is 13.8. The van der Waals surface area contributed by atoms with E-state index in [1.165, 1.54) is 18.4 Å². The number of unbranched alkanes of at least 4 members (excludes halogenated alkanes) is 3. The van der Waals surface area contributed by atoms with Gasteiger partial charge in [-0.05, 0) is 61.1 Å². The highest BCUT2D eigenvalue weighted by molar-refractivity contribution is 6.01. The fraction of sp³-hybridized carbons (Fsp3) is 0.300. The first-order valence-electron chi connectivity index (χ1n) is 11.9. The molecule has 4 nitrogen and oxygen atoms in total. The summed E-state index contributed by atoms with van der Waals surface area (Å²) in [6.45, 7) is 2.19. The first-order chi connectivity index (χ1) is 16.7. The van der Waals surface area contributed by atoms with E-state index >= 15 is 0 Å². The van der Waals surface area contributed by atoms with Gasteiger partial charge in [0, 0.05) is 18.2 Å². The van der Waals surface area contributed by atoms with Gasteiger partial charge in [-0.1, -0.05) is 80.1 Å². The van der Waals surface area contributed by atoms with E-state index < -0.39 is 5.41 Å². The largest absolute Gasteiger partial charge is 0.309 e. The van der Waals surface area contributed by atoms with Crippen LogP contribution < -0.4 is 5.32 Å². The summed E-state index contributed by atoms with van der Waals surface area (Å²) in [4.78, 5) is 18.0. The maximum atomic E-state index is 13.8. The fourth-order valence-corrected chi connectivity index (χ4v) is 3.87. The Labute approximate surface area is 203 Å². The van der Waals surface area contributed by atoms with Crippen LogP contribution in [0.4, 0.5) is 5.82 Å². The Balaban J connectivity index is 1.99. The third kappa shape index (κ3) is 6.80. The summed E-state index contributed by atoms with van der Waals surface area (Å²) in [6.07, 6.45) is 7.44. The predicted molar refractivity (Wildman–Crippen MR) is 137 cm³/mol. The van der Waals surface area contributed by atoms with Crippen LogP contribution in [0.5, 0.6) is 0 Å². The van der Waals surface area contributed by atoms with Crippen molar-refractivity contribution in [1.29, 1.82) is 5.26 Å². The lowest BCUT2D eigenvalue weighted by molar-refractivity contribution is -0.120. The normalized spacial score (nSPS) is 12.0. The number of carbonyl (C=O) groups is 1. The zero-order valence-electron chi connectivity index (χ0n) is 19.8. The van der Waals surface area contributed by atoms with Gasteiger partial charge in [0.15, 0.2) is 0 Å². The lowest BCUT2D eigenvalue weighted by atomic mass is 9.75. The van der Waals surface area contributed by atoms with E-state index in [-0.39, 0.29) is 5.91 Å². The van der Waals surface area contributed by atoms with Crippen molar-refractivity contribution < 1.29 is 4.79 Å². The molecule has 0 saturated heterocycles. The number of nitriles is 1. The molecule has 3 rings (SSSR count). The van der Waals surface area contributed by atoms with E-state index in [2.05, 4.69) is 47.3 Å². The summed E-state index contributed by atoms with van der Waals surface area (Å²) in [5, 5.41) is 12.0. The van der Waals surface area contributed by atoms with Crippen molar-refractivity contribution in [3.63, 3.8) is 0 Å². The Morgan fingerprint density at radius 3 is 2.41 bits per heavy atom. The number of aryl methyl sites for hydroxylation is 1. The van der Waals surface area contributed by atoms with Gasteiger partial charge in [0.2, 0.25) is 5.91 Å². The van der Waals surface area contributed by atoms with E-state index in [0.29, 0.717) is 25.1 Å². The molecule has 1 aromatic heterocycles. The number of nitrogens with zero attached hydrogens (tertiary/aromatic N) is 2. The summed E-state index contributed by atoms with van der Waals surface area (Å²) < 4.78 is 0. The molecule has 1 N–H and O–H groups in total. The second kappa shape index (κ2) is 13.0. The third-order valence-corrected chi connectivity index (χ3v) is 5.84. The first-order valence-corrected chi connectivity index (χ1v) is 11.9. The lowest BCUT2D eigenvalue weighted by Gasteiger charge is -2.28. The van der Waals surface area contributed by atoms with E-state index in [1.54, 1.807) is 12.3 Å². The molecule has 34 heavy (non-hydrogen) atoms. The molecule has 0 aliphatic rings.